The molecule has 1 fully saturated rings. The molecule has 2 nitrogen and oxygen atoms in total. The van der Waals surface area contributed by atoms with Crippen LogP contribution in [0.25, 0.3) is 0 Å². The van der Waals surface area contributed by atoms with E-state index >= 15 is 0 Å². The Bertz CT molecular complexity index is 411. The maximum Gasteiger partial charge on any atom is 0.237 e. The molecule has 1 amide bonds. The molecule has 1 atom stereocenters. The number of benzene rings is 1. The lowest BCUT2D eigenvalue weighted by Gasteiger charge is -2.21. The van der Waals surface area contributed by atoms with Gasteiger partial charge in [0.1, 0.15) is 0 Å². The Labute approximate surface area is 107 Å². The topological polar surface area (TPSA) is 29.1 Å². The van der Waals surface area contributed by atoms with Crippen LogP contribution in [-0.4, -0.2) is 16.9 Å². The van der Waals surface area contributed by atoms with E-state index in [1.165, 1.54) is 18.4 Å². The van der Waals surface area contributed by atoms with Crippen molar-refractivity contribution in [1.82, 2.24) is 0 Å². The monoisotopic (exact) mass is 249 g/mol. The highest BCUT2D eigenvalue weighted by atomic mass is 32.2. The van der Waals surface area contributed by atoms with Crippen LogP contribution in [0.1, 0.15) is 30.4 Å². The van der Waals surface area contributed by atoms with Gasteiger partial charge in [0.2, 0.25) is 5.91 Å². The van der Waals surface area contributed by atoms with Gasteiger partial charge in [0.05, 0.1) is 5.25 Å². The molecule has 0 saturated carbocycles. The summed E-state index contributed by atoms with van der Waals surface area (Å²) in [5, 5.41) is 3.20. The molecule has 1 saturated heterocycles. The van der Waals surface area contributed by atoms with Gasteiger partial charge in [-0.2, -0.15) is 0 Å². The van der Waals surface area contributed by atoms with Gasteiger partial charge in [0.15, 0.2) is 0 Å². The summed E-state index contributed by atoms with van der Waals surface area (Å²) in [4.78, 5) is 12.1. The fraction of sp³-hybridized carbons (Fsp3) is 0.500. The summed E-state index contributed by atoms with van der Waals surface area (Å²) in [5.74, 6) is 1.29. The minimum atomic E-state index is 0.142. The van der Waals surface area contributed by atoms with Crippen molar-refractivity contribution in [3.8, 4) is 0 Å². The predicted molar refractivity (Wildman–Crippen MR) is 74.6 cm³/mol. The Morgan fingerprint density at radius 3 is 2.88 bits per heavy atom. The summed E-state index contributed by atoms with van der Waals surface area (Å²) in [6.07, 6.45) is 3.44. The predicted octanol–water partition coefficient (Wildman–Crippen LogP) is 3.53. The van der Waals surface area contributed by atoms with Crippen molar-refractivity contribution in [2.75, 3.05) is 11.1 Å². The van der Waals surface area contributed by atoms with Crippen LogP contribution in [0.5, 0.6) is 0 Å². The molecule has 3 heteroatoms. The van der Waals surface area contributed by atoms with Crippen LogP contribution < -0.4 is 5.32 Å². The Morgan fingerprint density at radius 1 is 1.35 bits per heavy atom. The molecular weight excluding hydrogens is 230 g/mol. The van der Waals surface area contributed by atoms with E-state index in [0.29, 0.717) is 0 Å². The van der Waals surface area contributed by atoms with Crippen LogP contribution in [0.3, 0.4) is 0 Å². The minimum Gasteiger partial charge on any atom is -0.325 e. The van der Waals surface area contributed by atoms with Crippen molar-refractivity contribution in [2.45, 2.75) is 38.4 Å². The maximum atomic E-state index is 12.1. The zero-order valence-corrected chi connectivity index (χ0v) is 11.3. The van der Waals surface area contributed by atoms with E-state index in [0.717, 1.165) is 23.4 Å². The SMILES string of the molecule is Cc1ccc(C)c(NC(=O)C2CCCCS2)c1. The summed E-state index contributed by atoms with van der Waals surface area (Å²) in [7, 11) is 0. The Balaban J connectivity index is 2.04. The number of amides is 1. The highest BCUT2D eigenvalue weighted by Crippen LogP contribution is 2.26. The lowest BCUT2D eigenvalue weighted by Crippen LogP contribution is -2.27. The fourth-order valence-corrected chi connectivity index (χ4v) is 3.23. The number of hydrogen-bond donors (Lipinski definition) is 1. The van der Waals surface area contributed by atoms with Gasteiger partial charge in [0, 0.05) is 5.69 Å². The largest absolute Gasteiger partial charge is 0.325 e. The van der Waals surface area contributed by atoms with Crippen LogP contribution in [-0.2, 0) is 4.79 Å². The number of rotatable bonds is 2. The van der Waals surface area contributed by atoms with Gasteiger partial charge in [-0.25, -0.2) is 0 Å². The summed E-state index contributed by atoms with van der Waals surface area (Å²) in [6, 6.07) is 6.17. The number of aryl methyl sites for hydroxylation is 2. The summed E-state index contributed by atoms with van der Waals surface area (Å²) in [6.45, 7) is 4.08. The molecule has 0 radical (unpaired) electrons. The first-order valence-corrected chi connectivity index (χ1v) is 7.21. The van der Waals surface area contributed by atoms with Gasteiger partial charge >= 0.3 is 0 Å². The Kier molecular flexibility index (Phi) is 4.11. The first-order valence-electron chi connectivity index (χ1n) is 6.16. The molecule has 1 aliphatic rings. The Morgan fingerprint density at radius 2 is 2.18 bits per heavy atom. The van der Waals surface area contributed by atoms with E-state index in [-0.39, 0.29) is 11.2 Å². The molecule has 92 valence electrons. The van der Waals surface area contributed by atoms with E-state index in [4.69, 9.17) is 0 Å². The third-order valence-electron chi connectivity index (χ3n) is 3.12. The molecule has 0 aromatic heterocycles. The molecule has 0 bridgehead atoms. The standard InChI is InChI=1S/C14H19NOS/c1-10-6-7-11(2)12(9-10)15-14(16)13-5-3-4-8-17-13/h6-7,9,13H,3-5,8H2,1-2H3,(H,15,16). The molecule has 1 N–H and O–H groups in total. The highest BCUT2D eigenvalue weighted by molar-refractivity contribution is 8.00. The first-order chi connectivity index (χ1) is 8.16. The number of carbonyl (C=O) groups excluding carboxylic acids is 1. The molecule has 1 heterocycles. The molecule has 17 heavy (non-hydrogen) atoms. The van der Waals surface area contributed by atoms with E-state index in [1.54, 1.807) is 11.8 Å². The van der Waals surface area contributed by atoms with Crippen molar-refractivity contribution >= 4 is 23.4 Å². The smallest absolute Gasteiger partial charge is 0.237 e. The molecule has 1 aromatic rings. The second-order valence-electron chi connectivity index (χ2n) is 4.66. The number of anilines is 1. The van der Waals surface area contributed by atoms with Crippen molar-refractivity contribution in [3.05, 3.63) is 29.3 Å². The van der Waals surface area contributed by atoms with Crippen molar-refractivity contribution < 1.29 is 4.79 Å². The maximum absolute atomic E-state index is 12.1. The van der Waals surface area contributed by atoms with Gasteiger partial charge < -0.3 is 5.32 Å². The van der Waals surface area contributed by atoms with Crippen molar-refractivity contribution in [1.29, 1.82) is 0 Å². The molecule has 0 aliphatic carbocycles. The van der Waals surface area contributed by atoms with Crippen LogP contribution in [0.15, 0.2) is 18.2 Å². The first kappa shape index (κ1) is 12.5. The van der Waals surface area contributed by atoms with Gasteiger partial charge in [-0.05, 0) is 49.6 Å². The van der Waals surface area contributed by atoms with Crippen LogP contribution in [0, 0.1) is 13.8 Å². The summed E-state index contributed by atoms with van der Waals surface area (Å²) in [5.41, 5.74) is 3.27. The molecule has 1 unspecified atom stereocenters. The summed E-state index contributed by atoms with van der Waals surface area (Å²) >= 11 is 1.79. The summed E-state index contributed by atoms with van der Waals surface area (Å²) < 4.78 is 0. The Hall–Kier alpha value is -0.960. The van der Waals surface area contributed by atoms with E-state index in [1.807, 2.05) is 19.9 Å². The van der Waals surface area contributed by atoms with Gasteiger partial charge in [0.25, 0.3) is 0 Å². The normalized spacial score (nSPS) is 20.0. The number of thioether (sulfide) groups is 1. The average molecular weight is 249 g/mol. The quantitative estimate of drug-likeness (QED) is 0.868. The third-order valence-corrected chi connectivity index (χ3v) is 4.50. The van der Waals surface area contributed by atoms with E-state index in [2.05, 4.69) is 17.4 Å². The highest BCUT2D eigenvalue weighted by Gasteiger charge is 2.21. The number of nitrogens with one attached hydrogen (secondary N) is 1. The third kappa shape index (κ3) is 3.25. The second kappa shape index (κ2) is 5.58. The minimum absolute atomic E-state index is 0.142. The molecule has 0 spiro atoms. The molecule has 1 aromatic carbocycles. The lowest BCUT2D eigenvalue weighted by molar-refractivity contribution is -0.115. The van der Waals surface area contributed by atoms with Gasteiger partial charge in [-0.1, -0.05) is 18.6 Å². The van der Waals surface area contributed by atoms with Gasteiger partial charge in [-0.3, -0.25) is 4.79 Å². The lowest BCUT2D eigenvalue weighted by atomic mass is 10.1. The second-order valence-corrected chi connectivity index (χ2v) is 5.97. The number of hydrogen-bond acceptors (Lipinski definition) is 2. The molecular formula is C14H19NOS. The van der Waals surface area contributed by atoms with Crippen molar-refractivity contribution in [3.63, 3.8) is 0 Å². The van der Waals surface area contributed by atoms with E-state index < -0.39 is 0 Å². The average Bonchev–Trinajstić information content (AvgIpc) is 2.35. The molecule has 1 aliphatic heterocycles. The van der Waals surface area contributed by atoms with E-state index in [9.17, 15) is 4.79 Å². The number of carbonyl (C=O) groups is 1. The fourth-order valence-electron chi connectivity index (χ4n) is 2.03. The van der Waals surface area contributed by atoms with Crippen molar-refractivity contribution in [2.24, 2.45) is 0 Å². The zero-order chi connectivity index (χ0) is 12.3. The van der Waals surface area contributed by atoms with Crippen LogP contribution >= 0.6 is 11.8 Å². The molecule has 2 rings (SSSR count). The zero-order valence-electron chi connectivity index (χ0n) is 10.5. The van der Waals surface area contributed by atoms with Crippen LogP contribution in [0.2, 0.25) is 0 Å². The van der Waals surface area contributed by atoms with Crippen LogP contribution in [0.4, 0.5) is 5.69 Å². The van der Waals surface area contributed by atoms with Gasteiger partial charge in [-0.15, -0.1) is 11.8 Å².